The molecule has 6 nitrogen and oxygen atoms in total. The van der Waals surface area contributed by atoms with Crippen LogP contribution >= 0.6 is 11.3 Å². The molecule has 0 bridgehead atoms. The maximum absolute atomic E-state index is 12.0. The second kappa shape index (κ2) is 11.3. The molecule has 26 heavy (non-hydrogen) atoms. The van der Waals surface area contributed by atoms with Gasteiger partial charge in [-0.3, -0.25) is 15.0 Å². The van der Waals surface area contributed by atoms with Crippen LogP contribution in [0.25, 0.3) is 0 Å². The molecular weight excluding hydrogens is 348 g/mol. The Balaban J connectivity index is 1.59. The number of unbranched alkanes of at least 4 members (excludes halogenated alkanes) is 1. The van der Waals surface area contributed by atoms with Gasteiger partial charge in [0, 0.05) is 11.4 Å². The molecule has 1 aliphatic rings. The Morgan fingerprint density at radius 1 is 1.35 bits per heavy atom. The molecule has 1 aliphatic heterocycles. The summed E-state index contributed by atoms with van der Waals surface area (Å²) in [5.41, 5.74) is 0. The van der Waals surface area contributed by atoms with Crippen LogP contribution in [0.1, 0.15) is 37.5 Å². The first-order valence-electron chi connectivity index (χ1n) is 9.57. The lowest BCUT2D eigenvalue weighted by atomic mass is 9.96. The Bertz CT molecular complexity index is 542. The van der Waals surface area contributed by atoms with Crippen molar-refractivity contribution in [2.45, 2.75) is 39.2 Å². The molecule has 7 heteroatoms. The monoisotopic (exact) mass is 380 g/mol. The van der Waals surface area contributed by atoms with Crippen LogP contribution in [0.3, 0.4) is 0 Å². The fourth-order valence-electron chi connectivity index (χ4n) is 3.28. The molecule has 1 aromatic rings. The zero-order valence-corrected chi connectivity index (χ0v) is 16.8. The maximum atomic E-state index is 12.0. The van der Waals surface area contributed by atoms with E-state index in [1.807, 2.05) is 17.5 Å². The minimum Gasteiger partial charge on any atom is -0.333 e. The van der Waals surface area contributed by atoms with Crippen molar-refractivity contribution in [2.75, 3.05) is 39.8 Å². The highest BCUT2D eigenvalue weighted by atomic mass is 32.1. The molecule has 3 amide bonds. The predicted molar refractivity (Wildman–Crippen MR) is 106 cm³/mol. The third-order valence-electron chi connectivity index (χ3n) is 4.79. The van der Waals surface area contributed by atoms with E-state index in [4.69, 9.17) is 0 Å². The van der Waals surface area contributed by atoms with Gasteiger partial charge in [-0.15, -0.1) is 11.3 Å². The Morgan fingerprint density at radius 3 is 2.77 bits per heavy atom. The number of nitrogens with zero attached hydrogens (tertiary/aromatic N) is 2. The van der Waals surface area contributed by atoms with E-state index in [1.165, 1.54) is 19.4 Å². The Labute approximate surface area is 160 Å². The highest BCUT2D eigenvalue weighted by Gasteiger charge is 2.22. The predicted octanol–water partition coefficient (Wildman–Crippen LogP) is 2.52. The van der Waals surface area contributed by atoms with E-state index in [0.717, 1.165) is 37.4 Å². The molecule has 1 fully saturated rings. The molecule has 2 N–H and O–H groups in total. The number of carbonyl (C=O) groups is 2. The largest absolute Gasteiger partial charge is 0.333 e. The highest BCUT2D eigenvalue weighted by molar-refractivity contribution is 7.09. The molecule has 0 atom stereocenters. The summed E-state index contributed by atoms with van der Waals surface area (Å²) in [6, 6.07) is 3.47. The van der Waals surface area contributed by atoms with Crippen LogP contribution in [0.5, 0.6) is 0 Å². The van der Waals surface area contributed by atoms with Crippen LogP contribution in [0.15, 0.2) is 17.5 Å². The van der Waals surface area contributed by atoms with E-state index in [2.05, 4.69) is 34.4 Å². The first-order valence-corrected chi connectivity index (χ1v) is 10.5. The smallest absolute Gasteiger partial charge is 0.321 e. The zero-order valence-electron chi connectivity index (χ0n) is 16.0. The van der Waals surface area contributed by atoms with Crippen molar-refractivity contribution < 1.29 is 9.59 Å². The second-order valence-electron chi connectivity index (χ2n) is 7.15. The van der Waals surface area contributed by atoms with Gasteiger partial charge in [-0.05, 0) is 63.3 Å². The molecule has 0 saturated carbocycles. The molecule has 2 heterocycles. The highest BCUT2D eigenvalue weighted by Crippen LogP contribution is 2.18. The van der Waals surface area contributed by atoms with Gasteiger partial charge in [-0.1, -0.05) is 19.4 Å². The summed E-state index contributed by atoms with van der Waals surface area (Å²) in [6.45, 7) is 7.14. The molecule has 2 rings (SSSR count). The molecule has 0 radical (unpaired) electrons. The fourth-order valence-corrected chi connectivity index (χ4v) is 3.93. The van der Waals surface area contributed by atoms with Gasteiger partial charge in [0.2, 0.25) is 5.91 Å². The molecule has 1 saturated heterocycles. The summed E-state index contributed by atoms with van der Waals surface area (Å²) >= 11 is 1.58. The van der Waals surface area contributed by atoms with Crippen LogP contribution in [-0.4, -0.2) is 61.5 Å². The molecule has 0 spiro atoms. The first kappa shape index (κ1) is 20.9. The molecular formula is C19H32N4O2S. The summed E-state index contributed by atoms with van der Waals surface area (Å²) in [5, 5.41) is 7.10. The van der Waals surface area contributed by atoms with E-state index < -0.39 is 6.03 Å². The van der Waals surface area contributed by atoms with Crippen molar-refractivity contribution in [3.05, 3.63) is 22.4 Å². The van der Waals surface area contributed by atoms with Crippen molar-refractivity contribution in [2.24, 2.45) is 5.92 Å². The van der Waals surface area contributed by atoms with Crippen LogP contribution in [0.2, 0.25) is 0 Å². The number of hydrogen-bond acceptors (Lipinski definition) is 5. The SMILES string of the molecule is CCCCN(C)CC1CCN(CC(=O)NC(=O)NCc2cccs2)CC1. The molecule has 0 aliphatic carbocycles. The number of urea groups is 1. The normalized spacial score (nSPS) is 16.0. The quantitative estimate of drug-likeness (QED) is 0.691. The van der Waals surface area contributed by atoms with Crippen molar-refractivity contribution in [3.63, 3.8) is 0 Å². The number of carbonyl (C=O) groups excluding carboxylic acids is 2. The lowest BCUT2D eigenvalue weighted by Gasteiger charge is -2.33. The number of piperidine rings is 1. The third kappa shape index (κ3) is 7.85. The lowest BCUT2D eigenvalue weighted by molar-refractivity contribution is -0.121. The van der Waals surface area contributed by atoms with E-state index in [0.29, 0.717) is 19.0 Å². The number of thiophene rings is 1. The van der Waals surface area contributed by atoms with Crippen molar-refractivity contribution in [1.29, 1.82) is 0 Å². The van der Waals surface area contributed by atoms with Crippen LogP contribution in [0.4, 0.5) is 4.79 Å². The topological polar surface area (TPSA) is 64.7 Å². The Kier molecular flexibility index (Phi) is 9.08. The molecule has 0 unspecified atom stereocenters. The van der Waals surface area contributed by atoms with Crippen LogP contribution < -0.4 is 10.6 Å². The molecule has 0 aromatic carbocycles. The third-order valence-corrected chi connectivity index (χ3v) is 5.67. The van der Waals surface area contributed by atoms with Crippen molar-refractivity contribution >= 4 is 23.3 Å². The van der Waals surface area contributed by atoms with E-state index in [9.17, 15) is 9.59 Å². The fraction of sp³-hybridized carbons (Fsp3) is 0.684. The van der Waals surface area contributed by atoms with E-state index in [-0.39, 0.29) is 5.91 Å². The van der Waals surface area contributed by atoms with E-state index in [1.54, 1.807) is 11.3 Å². The van der Waals surface area contributed by atoms with Crippen molar-refractivity contribution in [1.82, 2.24) is 20.4 Å². The summed E-state index contributed by atoms with van der Waals surface area (Å²) < 4.78 is 0. The summed E-state index contributed by atoms with van der Waals surface area (Å²) in [7, 11) is 2.20. The number of nitrogens with one attached hydrogen (secondary N) is 2. The summed E-state index contributed by atoms with van der Waals surface area (Å²) in [6.07, 6.45) is 4.73. The van der Waals surface area contributed by atoms with Gasteiger partial charge in [-0.25, -0.2) is 4.79 Å². The van der Waals surface area contributed by atoms with Gasteiger partial charge in [0.15, 0.2) is 0 Å². The lowest BCUT2D eigenvalue weighted by Crippen LogP contribution is -2.46. The van der Waals surface area contributed by atoms with Gasteiger partial charge < -0.3 is 10.2 Å². The maximum Gasteiger partial charge on any atom is 0.321 e. The number of likely N-dealkylation sites (tertiary alicyclic amines) is 1. The number of amides is 3. The summed E-state index contributed by atoms with van der Waals surface area (Å²) in [5.74, 6) is 0.484. The first-order chi connectivity index (χ1) is 12.6. The van der Waals surface area contributed by atoms with Crippen LogP contribution in [-0.2, 0) is 11.3 Å². The average Bonchev–Trinajstić information content (AvgIpc) is 3.13. The minimum atomic E-state index is -0.421. The summed E-state index contributed by atoms with van der Waals surface area (Å²) in [4.78, 5) is 29.5. The van der Waals surface area contributed by atoms with Gasteiger partial charge >= 0.3 is 6.03 Å². The average molecular weight is 381 g/mol. The second-order valence-corrected chi connectivity index (χ2v) is 8.18. The van der Waals surface area contributed by atoms with Crippen molar-refractivity contribution in [3.8, 4) is 0 Å². The Hall–Kier alpha value is -1.44. The number of hydrogen-bond donors (Lipinski definition) is 2. The van der Waals surface area contributed by atoms with Gasteiger partial charge in [0.25, 0.3) is 0 Å². The van der Waals surface area contributed by atoms with Gasteiger partial charge in [0.05, 0.1) is 13.1 Å². The Morgan fingerprint density at radius 2 is 2.12 bits per heavy atom. The minimum absolute atomic E-state index is 0.229. The van der Waals surface area contributed by atoms with Gasteiger partial charge in [0.1, 0.15) is 0 Å². The molecule has 146 valence electrons. The molecule has 1 aromatic heterocycles. The number of rotatable bonds is 9. The standard InChI is InChI=1S/C19H32N4O2S/c1-3-4-9-22(2)14-16-7-10-23(11-8-16)15-18(24)21-19(25)20-13-17-6-5-12-26-17/h5-6,12,16H,3-4,7-11,13-15H2,1-2H3,(H2,20,21,24,25). The zero-order chi connectivity index (χ0) is 18.8. The number of imide groups is 1. The van der Waals surface area contributed by atoms with Crippen LogP contribution in [0, 0.1) is 5.92 Å². The van der Waals surface area contributed by atoms with E-state index >= 15 is 0 Å². The van der Waals surface area contributed by atoms with Gasteiger partial charge in [-0.2, -0.15) is 0 Å².